The smallest absolute Gasteiger partial charge is 0.222 e. The molecule has 0 bridgehead atoms. The summed E-state index contributed by atoms with van der Waals surface area (Å²) in [6.45, 7) is 2.85. The van der Waals surface area contributed by atoms with Crippen molar-refractivity contribution in [3.05, 3.63) is 60.4 Å². The van der Waals surface area contributed by atoms with Crippen LogP contribution in [0.15, 0.2) is 54.9 Å². The minimum atomic E-state index is 0.126. The van der Waals surface area contributed by atoms with Crippen LogP contribution in [0.5, 0.6) is 0 Å². The Morgan fingerprint density at radius 2 is 1.85 bits per heavy atom. The van der Waals surface area contributed by atoms with Crippen LogP contribution in [0.3, 0.4) is 0 Å². The molecule has 20 heavy (non-hydrogen) atoms. The van der Waals surface area contributed by atoms with Gasteiger partial charge in [-0.25, -0.2) is 0 Å². The van der Waals surface area contributed by atoms with Gasteiger partial charge in [-0.15, -0.1) is 0 Å². The predicted molar refractivity (Wildman–Crippen MR) is 81.4 cm³/mol. The molecule has 106 valence electrons. The fourth-order valence-corrected chi connectivity index (χ4v) is 2.25. The first-order chi connectivity index (χ1) is 9.78. The number of rotatable bonds is 7. The zero-order valence-corrected chi connectivity index (χ0v) is 12.0. The Balaban J connectivity index is 1.79. The second-order valence-electron chi connectivity index (χ2n) is 5.03. The average Bonchev–Trinajstić information content (AvgIpc) is 2.99. The Labute approximate surface area is 120 Å². The first-order valence-electron chi connectivity index (χ1n) is 7.22. The van der Waals surface area contributed by atoms with E-state index in [0.717, 1.165) is 19.4 Å². The summed E-state index contributed by atoms with van der Waals surface area (Å²) in [6, 6.07) is 14.5. The molecule has 0 aliphatic heterocycles. The highest BCUT2D eigenvalue weighted by Gasteiger charge is 2.10. The molecule has 3 nitrogen and oxygen atoms in total. The van der Waals surface area contributed by atoms with Crippen LogP contribution in [0.4, 0.5) is 0 Å². The minimum absolute atomic E-state index is 0.126. The van der Waals surface area contributed by atoms with Crippen LogP contribution in [0.25, 0.3) is 0 Å². The summed E-state index contributed by atoms with van der Waals surface area (Å²) in [5.41, 5.74) is 1.27. The van der Waals surface area contributed by atoms with Crippen LogP contribution >= 0.6 is 0 Å². The lowest BCUT2D eigenvalue weighted by molar-refractivity contribution is -0.122. The number of hydrogen-bond acceptors (Lipinski definition) is 1. The molecule has 0 aliphatic rings. The summed E-state index contributed by atoms with van der Waals surface area (Å²) in [5, 5.41) is 3.13. The molecule has 0 aliphatic carbocycles. The minimum Gasteiger partial charge on any atom is -0.354 e. The molecule has 0 unspecified atom stereocenters. The summed E-state index contributed by atoms with van der Waals surface area (Å²) >= 11 is 0. The second-order valence-corrected chi connectivity index (χ2v) is 5.03. The Bertz CT molecular complexity index is 505. The van der Waals surface area contributed by atoms with Gasteiger partial charge < -0.3 is 9.88 Å². The quantitative estimate of drug-likeness (QED) is 0.824. The van der Waals surface area contributed by atoms with Crippen LogP contribution in [-0.2, 0) is 17.8 Å². The van der Waals surface area contributed by atoms with Crippen LogP contribution in [0.1, 0.15) is 25.3 Å². The van der Waals surface area contributed by atoms with Crippen molar-refractivity contribution in [3.8, 4) is 0 Å². The summed E-state index contributed by atoms with van der Waals surface area (Å²) in [4.78, 5) is 12.0. The summed E-state index contributed by atoms with van der Waals surface area (Å²) < 4.78 is 2.03. The van der Waals surface area contributed by atoms with Crippen LogP contribution < -0.4 is 5.32 Å². The lowest BCUT2D eigenvalue weighted by atomic mass is 10.0. The third-order valence-electron chi connectivity index (χ3n) is 3.45. The van der Waals surface area contributed by atoms with Crippen molar-refractivity contribution in [3.63, 3.8) is 0 Å². The van der Waals surface area contributed by atoms with Crippen LogP contribution in [-0.4, -0.2) is 16.5 Å². The van der Waals surface area contributed by atoms with E-state index >= 15 is 0 Å². The molecule has 3 heteroatoms. The van der Waals surface area contributed by atoms with Gasteiger partial charge >= 0.3 is 0 Å². The van der Waals surface area contributed by atoms with Crippen LogP contribution in [0, 0.1) is 0 Å². The summed E-state index contributed by atoms with van der Waals surface area (Å²) in [6.07, 6.45) is 6.33. The zero-order chi connectivity index (χ0) is 14.2. The lowest BCUT2D eigenvalue weighted by Crippen LogP contribution is -2.36. The Kier molecular flexibility index (Phi) is 5.42. The normalized spacial score (nSPS) is 12.1. The molecular weight excluding hydrogens is 248 g/mol. The first kappa shape index (κ1) is 14.4. The molecule has 1 N–H and O–H groups in total. The van der Waals surface area contributed by atoms with Gasteiger partial charge in [0.05, 0.1) is 0 Å². The molecule has 0 saturated heterocycles. The van der Waals surface area contributed by atoms with E-state index in [4.69, 9.17) is 0 Å². The third-order valence-corrected chi connectivity index (χ3v) is 3.45. The van der Waals surface area contributed by atoms with Gasteiger partial charge in [0.25, 0.3) is 0 Å². The van der Waals surface area contributed by atoms with E-state index in [1.807, 2.05) is 47.3 Å². The molecule has 0 saturated carbocycles. The lowest BCUT2D eigenvalue weighted by Gasteiger charge is -2.17. The van der Waals surface area contributed by atoms with Crippen molar-refractivity contribution in [2.75, 3.05) is 0 Å². The molecule has 1 aromatic carbocycles. The van der Waals surface area contributed by atoms with Crippen molar-refractivity contribution >= 4 is 5.91 Å². The van der Waals surface area contributed by atoms with Gasteiger partial charge in [0.15, 0.2) is 0 Å². The number of nitrogens with one attached hydrogen (secondary N) is 1. The molecular formula is C17H22N2O. The summed E-state index contributed by atoms with van der Waals surface area (Å²) in [7, 11) is 0. The van der Waals surface area contributed by atoms with Gasteiger partial charge in [-0.05, 0) is 30.5 Å². The van der Waals surface area contributed by atoms with Crippen molar-refractivity contribution in [2.45, 2.75) is 38.8 Å². The standard InChI is InChI=1S/C17H22N2O/c1-2-16(14-15-8-4-3-5-9-15)18-17(20)10-13-19-11-6-7-12-19/h3-9,11-12,16H,2,10,13-14H2,1H3,(H,18,20)/t16-/m1/s1. The maximum atomic E-state index is 12.0. The number of aromatic nitrogens is 1. The number of nitrogens with zero attached hydrogens (tertiary/aromatic N) is 1. The SMILES string of the molecule is CC[C@H](Cc1ccccc1)NC(=O)CCn1cccc1. The highest BCUT2D eigenvalue weighted by atomic mass is 16.1. The van der Waals surface area contributed by atoms with E-state index in [0.29, 0.717) is 6.42 Å². The second kappa shape index (κ2) is 7.53. The predicted octanol–water partition coefficient (Wildman–Crippen LogP) is 3.02. The molecule has 1 aromatic heterocycles. The van der Waals surface area contributed by atoms with Crippen molar-refractivity contribution in [1.82, 2.24) is 9.88 Å². The monoisotopic (exact) mass is 270 g/mol. The largest absolute Gasteiger partial charge is 0.354 e. The number of amides is 1. The third kappa shape index (κ3) is 4.57. The van der Waals surface area contributed by atoms with E-state index in [1.165, 1.54) is 5.56 Å². The van der Waals surface area contributed by atoms with E-state index in [9.17, 15) is 4.79 Å². The van der Waals surface area contributed by atoms with Crippen LogP contribution in [0.2, 0.25) is 0 Å². The van der Waals surface area contributed by atoms with E-state index in [1.54, 1.807) is 0 Å². The van der Waals surface area contributed by atoms with Gasteiger partial charge in [-0.3, -0.25) is 4.79 Å². The fourth-order valence-electron chi connectivity index (χ4n) is 2.25. The number of carbonyl (C=O) groups excluding carboxylic acids is 1. The molecule has 1 atom stereocenters. The first-order valence-corrected chi connectivity index (χ1v) is 7.22. The maximum Gasteiger partial charge on any atom is 0.222 e. The number of carbonyl (C=O) groups is 1. The number of aryl methyl sites for hydroxylation is 1. The Hall–Kier alpha value is -2.03. The van der Waals surface area contributed by atoms with Gasteiger partial charge in [0.1, 0.15) is 0 Å². The summed E-state index contributed by atoms with van der Waals surface area (Å²) in [5.74, 6) is 0.126. The zero-order valence-electron chi connectivity index (χ0n) is 12.0. The maximum absolute atomic E-state index is 12.0. The number of benzene rings is 1. The Morgan fingerprint density at radius 3 is 2.50 bits per heavy atom. The van der Waals surface area contributed by atoms with Crippen molar-refractivity contribution in [2.24, 2.45) is 0 Å². The molecule has 0 radical (unpaired) electrons. The molecule has 2 aromatic rings. The molecule has 1 heterocycles. The topological polar surface area (TPSA) is 34.0 Å². The molecule has 2 rings (SSSR count). The van der Waals surface area contributed by atoms with Gasteiger partial charge in [-0.1, -0.05) is 37.3 Å². The molecule has 0 spiro atoms. The van der Waals surface area contributed by atoms with E-state index in [-0.39, 0.29) is 11.9 Å². The highest BCUT2D eigenvalue weighted by molar-refractivity contribution is 5.76. The van der Waals surface area contributed by atoms with E-state index in [2.05, 4.69) is 24.4 Å². The van der Waals surface area contributed by atoms with Crippen molar-refractivity contribution in [1.29, 1.82) is 0 Å². The van der Waals surface area contributed by atoms with Gasteiger partial charge in [0, 0.05) is 31.4 Å². The van der Waals surface area contributed by atoms with Gasteiger partial charge in [-0.2, -0.15) is 0 Å². The Morgan fingerprint density at radius 1 is 1.15 bits per heavy atom. The van der Waals surface area contributed by atoms with Crippen molar-refractivity contribution < 1.29 is 4.79 Å². The van der Waals surface area contributed by atoms with E-state index < -0.39 is 0 Å². The average molecular weight is 270 g/mol. The highest BCUT2D eigenvalue weighted by Crippen LogP contribution is 2.06. The molecule has 0 fully saturated rings. The molecule has 1 amide bonds. The number of hydrogen-bond donors (Lipinski definition) is 1. The fraction of sp³-hybridized carbons (Fsp3) is 0.353. The van der Waals surface area contributed by atoms with Gasteiger partial charge in [0.2, 0.25) is 5.91 Å².